The second-order valence-corrected chi connectivity index (χ2v) is 4.71. The van der Waals surface area contributed by atoms with Gasteiger partial charge in [-0.3, -0.25) is 4.79 Å². The van der Waals surface area contributed by atoms with Gasteiger partial charge in [0, 0.05) is 15.6 Å². The van der Waals surface area contributed by atoms with Crippen LogP contribution in [0.1, 0.15) is 28.8 Å². The van der Waals surface area contributed by atoms with Gasteiger partial charge in [0.2, 0.25) is 0 Å². The molecular weight excluding hydrogens is 268 g/mol. The molecule has 2 rings (SSSR count). The Morgan fingerprint density at radius 1 is 1.44 bits per heavy atom. The number of carbonyl (C=O) groups is 1. The maximum absolute atomic E-state index is 12.2. The van der Waals surface area contributed by atoms with Crippen molar-refractivity contribution >= 4 is 21.7 Å². The van der Waals surface area contributed by atoms with Crippen LogP contribution in [0.5, 0.6) is 0 Å². The quantitative estimate of drug-likeness (QED) is 0.774. The Labute approximate surface area is 103 Å². The molecule has 0 unspecified atom stereocenters. The lowest BCUT2D eigenvalue weighted by molar-refractivity contribution is 0.101. The van der Waals surface area contributed by atoms with Gasteiger partial charge in [-0.1, -0.05) is 28.1 Å². The smallest absolute Gasteiger partial charge is 0.192 e. The maximum Gasteiger partial charge on any atom is 0.192 e. The number of ketones is 1. The molecule has 0 aliphatic carbocycles. The van der Waals surface area contributed by atoms with Gasteiger partial charge in [0.15, 0.2) is 5.78 Å². The SMILES string of the molecule is Cc1c(Br)cccc1C(=O)C1=COCCC1. The lowest BCUT2D eigenvalue weighted by Crippen LogP contribution is -2.10. The van der Waals surface area contributed by atoms with Crippen LogP contribution in [0.4, 0.5) is 0 Å². The van der Waals surface area contributed by atoms with Gasteiger partial charge >= 0.3 is 0 Å². The van der Waals surface area contributed by atoms with Crippen molar-refractivity contribution in [3.05, 3.63) is 45.6 Å². The van der Waals surface area contributed by atoms with Crippen LogP contribution < -0.4 is 0 Å². The first-order chi connectivity index (χ1) is 7.70. The molecule has 0 saturated carbocycles. The van der Waals surface area contributed by atoms with Crippen LogP contribution in [-0.4, -0.2) is 12.4 Å². The van der Waals surface area contributed by atoms with Crippen molar-refractivity contribution in [1.29, 1.82) is 0 Å². The van der Waals surface area contributed by atoms with E-state index >= 15 is 0 Å². The summed E-state index contributed by atoms with van der Waals surface area (Å²) in [5, 5.41) is 0. The molecule has 1 aromatic carbocycles. The molecule has 0 bridgehead atoms. The predicted molar refractivity (Wildman–Crippen MR) is 66.5 cm³/mol. The maximum atomic E-state index is 12.2. The molecule has 1 aliphatic rings. The van der Waals surface area contributed by atoms with Crippen LogP contribution in [0, 0.1) is 6.92 Å². The average molecular weight is 281 g/mol. The van der Waals surface area contributed by atoms with Gasteiger partial charge in [-0.25, -0.2) is 0 Å². The Bertz CT molecular complexity index is 449. The van der Waals surface area contributed by atoms with E-state index in [9.17, 15) is 4.79 Å². The number of ether oxygens (including phenoxy) is 1. The molecule has 1 aromatic rings. The van der Waals surface area contributed by atoms with Gasteiger partial charge in [-0.2, -0.15) is 0 Å². The largest absolute Gasteiger partial charge is 0.501 e. The number of halogens is 1. The first-order valence-electron chi connectivity index (χ1n) is 5.30. The molecule has 2 nitrogen and oxygen atoms in total. The fourth-order valence-corrected chi connectivity index (χ4v) is 2.12. The van der Waals surface area contributed by atoms with Gasteiger partial charge in [0.1, 0.15) is 0 Å². The molecule has 1 aliphatic heterocycles. The minimum absolute atomic E-state index is 0.0819. The number of hydrogen-bond acceptors (Lipinski definition) is 2. The number of allylic oxidation sites excluding steroid dienone is 1. The van der Waals surface area contributed by atoms with Crippen LogP contribution in [0.15, 0.2) is 34.5 Å². The predicted octanol–water partition coefficient (Wildman–Crippen LogP) is 3.63. The molecule has 84 valence electrons. The van der Waals surface area contributed by atoms with Crippen molar-refractivity contribution < 1.29 is 9.53 Å². The molecule has 0 amide bonds. The molecule has 0 atom stereocenters. The molecule has 0 fully saturated rings. The standard InChI is InChI=1S/C13H13BrO2/c1-9-11(5-2-6-12(9)14)13(15)10-4-3-7-16-8-10/h2,5-6,8H,3-4,7H2,1H3. The summed E-state index contributed by atoms with van der Waals surface area (Å²) >= 11 is 3.44. The molecule has 0 saturated heterocycles. The minimum atomic E-state index is 0.0819. The number of Topliss-reactive ketones (excluding diaryl/α,β-unsaturated/α-hetero) is 1. The molecule has 0 radical (unpaired) electrons. The average Bonchev–Trinajstić information content (AvgIpc) is 2.33. The first-order valence-corrected chi connectivity index (χ1v) is 6.10. The van der Waals surface area contributed by atoms with Crippen LogP contribution in [0.2, 0.25) is 0 Å². The third kappa shape index (κ3) is 2.19. The lowest BCUT2D eigenvalue weighted by atomic mass is 9.96. The second-order valence-electron chi connectivity index (χ2n) is 3.86. The molecule has 0 N–H and O–H groups in total. The summed E-state index contributed by atoms with van der Waals surface area (Å²) in [6.07, 6.45) is 3.33. The monoisotopic (exact) mass is 280 g/mol. The topological polar surface area (TPSA) is 26.3 Å². The van der Waals surface area contributed by atoms with E-state index in [2.05, 4.69) is 15.9 Å². The lowest BCUT2D eigenvalue weighted by Gasteiger charge is -2.14. The van der Waals surface area contributed by atoms with Crippen molar-refractivity contribution in [2.75, 3.05) is 6.61 Å². The Kier molecular flexibility index (Phi) is 3.44. The highest BCUT2D eigenvalue weighted by Gasteiger charge is 2.17. The highest BCUT2D eigenvalue weighted by molar-refractivity contribution is 9.10. The van der Waals surface area contributed by atoms with Crippen molar-refractivity contribution in [2.24, 2.45) is 0 Å². The fourth-order valence-electron chi connectivity index (χ4n) is 1.76. The first kappa shape index (κ1) is 11.4. The third-order valence-corrected chi connectivity index (χ3v) is 3.60. The minimum Gasteiger partial charge on any atom is -0.501 e. The van der Waals surface area contributed by atoms with Gasteiger partial charge in [0.05, 0.1) is 12.9 Å². The van der Waals surface area contributed by atoms with Gasteiger partial charge in [0.25, 0.3) is 0 Å². The van der Waals surface area contributed by atoms with Crippen molar-refractivity contribution in [1.82, 2.24) is 0 Å². The molecule has 0 spiro atoms. The molecule has 16 heavy (non-hydrogen) atoms. The van der Waals surface area contributed by atoms with Crippen LogP contribution in [0.3, 0.4) is 0 Å². The summed E-state index contributed by atoms with van der Waals surface area (Å²) < 4.78 is 6.17. The van der Waals surface area contributed by atoms with E-state index in [1.54, 1.807) is 6.26 Å². The Morgan fingerprint density at radius 2 is 2.25 bits per heavy atom. The van der Waals surface area contributed by atoms with E-state index in [4.69, 9.17) is 4.74 Å². The zero-order valence-corrected chi connectivity index (χ0v) is 10.7. The Hall–Kier alpha value is -1.09. The van der Waals surface area contributed by atoms with E-state index in [-0.39, 0.29) is 5.78 Å². The summed E-state index contributed by atoms with van der Waals surface area (Å²) in [6, 6.07) is 5.68. The molecule has 3 heteroatoms. The van der Waals surface area contributed by atoms with Crippen LogP contribution in [-0.2, 0) is 4.74 Å². The number of hydrogen-bond donors (Lipinski definition) is 0. The highest BCUT2D eigenvalue weighted by Crippen LogP contribution is 2.24. The summed E-state index contributed by atoms with van der Waals surface area (Å²) in [5.41, 5.74) is 2.51. The third-order valence-electron chi connectivity index (χ3n) is 2.74. The normalized spacial score (nSPS) is 15.2. The molecule has 1 heterocycles. The van der Waals surface area contributed by atoms with Gasteiger partial charge in [-0.05, 0) is 31.4 Å². The zero-order valence-electron chi connectivity index (χ0n) is 9.13. The van der Waals surface area contributed by atoms with E-state index in [1.165, 1.54) is 0 Å². The second kappa shape index (κ2) is 4.83. The summed E-state index contributed by atoms with van der Waals surface area (Å²) in [4.78, 5) is 12.2. The van der Waals surface area contributed by atoms with Crippen molar-refractivity contribution in [2.45, 2.75) is 19.8 Å². The van der Waals surface area contributed by atoms with Gasteiger partial charge < -0.3 is 4.74 Å². The Balaban J connectivity index is 2.33. The fraction of sp³-hybridized carbons (Fsp3) is 0.308. The van der Waals surface area contributed by atoms with E-state index in [0.717, 1.165) is 34.0 Å². The van der Waals surface area contributed by atoms with Crippen molar-refractivity contribution in [3.8, 4) is 0 Å². The zero-order chi connectivity index (χ0) is 11.5. The van der Waals surface area contributed by atoms with Gasteiger partial charge in [-0.15, -0.1) is 0 Å². The van der Waals surface area contributed by atoms with Crippen LogP contribution in [0.25, 0.3) is 0 Å². The molecule has 0 aromatic heterocycles. The van der Waals surface area contributed by atoms with Crippen molar-refractivity contribution in [3.63, 3.8) is 0 Å². The number of carbonyl (C=O) groups excluding carboxylic acids is 1. The summed E-state index contributed by atoms with van der Waals surface area (Å²) in [5.74, 6) is 0.0819. The molecular formula is C13H13BrO2. The highest BCUT2D eigenvalue weighted by atomic mass is 79.9. The summed E-state index contributed by atoms with van der Waals surface area (Å²) in [7, 11) is 0. The van der Waals surface area contributed by atoms with E-state index < -0.39 is 0 Å². The number of rotatable bonds is 2. The van der Waals surface area contributed by atoms with E-state index in [0.29, 0.717) is 6.61 Å². The van der Waals surface area contributed by atoms with Crippen LogP contribution >= 0.6 is 15.9 Å². The summed E-state index contributed by atoms with van der Waals surface area (Å²) in [6.45, 7) is 2.66. The van der Waals surface area contributed by atoms with E-state index in [1.807, 2.05) is 25.1 Å². The Morgan fingerprint density at radius 3 is 2.94 bits per heavy atom. The number of benzene rings is 1.